The van der Waals surface area contributed by atoms with Gasteiger partial charge in [0.25, 0.3) is 5.69 Å². The molecular formula is C22H18BrN3O5. The Hall–Kier alpha value is -3.46. The van der Waals surface area contributed by atoms with E-state index in [9.17, 15) is 24.5 Å². The van der Waals surface area contributed by atoms with Crippen LogP contribution < -0.4 is 21.5 Å². The number of hydrogen-bond acceptors (Lipinski definition) is 5. The fraction of sp³-hybridized carbons (Fsp3) is 0.182. The molecule has 0 atom stereocenters. The molecule has 0 fully saturated rings. The van der Waals surface area contributed by atoms with Crippen molar-refractivity contribution in [1.82, 2.24) is 4.57 Å². The molecule has 0 N–H and O–H groups in total. The Labute approximate surface area is 188 Å². The van der Waals surface area contributed by atoms with Gasteiger partial charge >= 0.3 is 0 Å². The highest BCUT2D eigenvalue weighted by Gasteiger charge is 2.41. The molecule has 0 unspecified atom stereocenters. The Morgan fingerprint density at radius 1 is 1.03 bits per heavy atom. The van der Waals surface area contributed by atoms with E-state index in [1.54, 1.807) is 35.2 Å². The van der Waals surface area contributed by atoms with Gasteiger partial charge in [-0.1, -0.05) is 31.2 Å². The third-order valence-corrected chi connectivity index (χ3v) is 5.10. The lowest BCUT2D eigenvalue weighted by molar-refractivity contribution is -0.684. The van der Waals surface area contributed by atoms with Gasteiger partial charge in [0.1, 0.15) is 0 Å². The summed E-state index contributed by atoms with van der Waals surface area (Å²) in [6.07, 6.45) is 2.37. The van der Waals surface area contributed by atoms with Gasteiger partial charge in [-0.25, -0.2) is 9.13 Å². The first-order valence-corrected chi connectivity index (χ1v) is 9.51. The summed E-state index contributed by atoms with van der Waals surface area (Å²) in [5.41, 5.74) is 1.35. The summed E-state index contributed by atoms with van der Waals surface area (Å²) in [7, 11) is 0. The largest absolute Gasteiger partial charge is 1.00 e. The lowest BCUT2D eigenvalue weighted by atomic mass is 9.90. The number of nitrogens with zero attached hydrogens (tertiary/aromatic N) is 3. The zero-order valence-electron chi connectivity index (χ0n) is 16.6. The van der Waals surface area contributed by atoms with Crippen molar-refractivity contribution in [2.75, 3.05) is 0 Å². The molecular weight excluding hydrogens is 466 g/mol. The maximum atomic E-state index is 13.2. The second-order valence-electron chi connectivity index (χ2n) is 7.06. The minimum absolute atomic E-state index is 0. The molecule has 0 spiro atoms. The number of nitro benzene ring substituents is 1. The number of non-ortho nitro benzene ring substituents is 1. The van der Waals surface area contributed by atoms with Crippen molar-refractivity contribution < 1.29 is 40.9 Å². The highest BCUT2D eigenvalue weighted by atomic mass is 79.9. The Kier molecular flexibility index (Phi) is 6.26. The minimum atomic E-state index is -0.536. The van der Waals surface area contributed by atoms with E-state index in [1.165, 1.54) is 28.8 Å². The van der Waals surface area contributed by atoms with Crippen LogP contribution in [0.25, 0.3) is 0 Å². The lowest BCUT2D eigenvalue weighted by Crippen LogP contribution is -3.00. The predicted octanol–water partition coefficient (Wildman–Crippen LogP) is -0.244. The van der Waals surface area contributed by atoms with Crippen LogP contribution in [0.1, 0.15) is 55.8 Å². The highest BCUT2D eigenvalue weighted by molar-refractivity contribution is 6.26. The third kappa shape index (κ3) is 3.84. The van der Waals surface area contributed by atoms with Gasteiger partial charge in [0, 0.05) is 28.8 Å². The first-order chi connectivity index (χ1) is 14.4. The molecule has 0 saturated carbocycles. The van der Waals surface area contributed by atoms with E-state index in [1.807, 2.05) is 6.92 Å². The SMILES string of the molecule is CCCn1c[n+](CC(=O)c2ccc([N+](=O)[O-])cc2)c2c1C(=O)c1ccccc1C2=O.[Br-]. The second-order valence-corrected chi connectivity index (χ2v) is 7.06. The maximum Gasteiger partial charge on any atom is 0.269 e. The highest BCUT2D eigenvalue weighted by Crippen LogP contribution is 2.26. The number of rotatable bonds is 6. The molecule has 1 aliphatic rings. The quantitative estimate of drug-likeness (QED) is 0.163. The predicted molar refractivity (Wildman–Crippen MR) is 106 cm³/mol. The number of hydrogen-bond donors (Lipinski definition) is 0. The number of aryl methyl sites for hydroxylation is 1. The Bertz CT molecular complexity index is 1210. The first kappa shape index (κ1) is 22.2. The van der Waals surface area contributed by atoms with Gasteiger partial charge in [0.05, 0.1) is 11.5 Å². The number of carbonyl (C=O) groups is 3. The number of aromatic nitrogens is 2. The summed E-state index contributed by atoms with van der Waals surface area (Å²) >= 11 is 0. The topological polar surface area (TPSA) is 103 Å². The van der Waals surface area contributed by atoms with E-state index in [2.05, 4.69) is 0 Å². The molecule has 1 aromatic heterocycles. The number of Topliss-reactive ketones (excluding diaryl/α,β-unsaturated/α-hetero) is 1. The molecule has 158 valence electrons. The summed E-state index contributed by atoms with van der Waals surface area (Å²) in [4.78, 5) is 49.3. The maximum absolute atomic E-state index is 13.2. The fourth-order valence-electron chi connectivity index (χ4n) is 3.71. The fourth-order valence-corrected chi connectivity index (χ4v) is 3.71. The van der Waals surface area contributed by atoms with E-state index in [0.717, 1.165) is 6.42 Å². The summed E-state index contributed by atoms with van der Waals surface area (Å²) in [6, 6.07) is 12.0. The smallest absolute Gasteiger partial charge is 0.269 e. The van der Waals surface area contributed by atoms with Crippen LogP contribution in [0.2, 0.25) is 0 Å². The Morgan fingerprint density at radius 2 is 1.65 bits per heavy atom. The van der Waals surface area contributed by atoms with Gasteiger partial charge in [-0.2, -0.15) is 0 Å². The van der Waals surface area contributed by atoms with E-state index < -0.39 is 4.92 Å². The van der Waals surface area contributed by atoms with E-state index >= 15 is 0 Å². The summed E-state index contributed by atoms with van der Waals surface area (Å²) in [5, 5.41) is 10.8. The van der Waals surface area contributed by atoms with Crippen LogP contribution in [0, 0.1) is 10.1 Å². The van der Waals surface area contributed by atoms with Crippen molar-refractivity contribution in [1.29, 1.82) is 0 Å². The molecule has 9 heteroatoms. The average Bonchev–Trinajstić information content (AvgIpc) is 3.10. The molecule has 3 aromatic rings. The molecule has 4 rings (SSSR count). The molecule has 0 radical (unpaired) electrons. The van der Waals surface area contributed by atoms with Crippen LogP contribution in [0.3, 0.4) is 0 Å². The normalized spacial score (nSPS) is 12.0. The monoisotopic (exact) mass is 483 g/mol. The van der Waals surface area contributed by atoms with Crippen molar-refractivity contribution in [3.8, 4) is 0 Å². The van der Waals surface area contributed by atoms with E-state index in [0.29, 0.717) is 23.2 Å². The van der Waals surface area contributed by atoms with Crippen LogP contribution in [0.15, 0.2) is 54.9 Å². The number of benzene rings is 2. The summed E-state index contributed by atoms with van der Waals surface area (Å²) < 4.78 is 3.22. The Balaban J connectivity index is 0.00000272. The lowest BCUT2D eigenvalue weighted by Gasteiger charge is -2.12. The van der Waals surface area contributed by atoms with E-state index in [4.69, 9.17) is 0 Å². The Morgan fingerprint density at radius 3 is 2.23 bits per heavy atom. The van der Waals surface area contributed by atoms with Crippen LogP contribution >= 0.6 is 0 Å². The number of carbonyl (C=O) groups excluding carboxylic acids is 3. The third-order valence-electron chi connectivity index (χ3n) is 5.10. The van der Waals surface area contributed by atoms with Crippen molar-refractivity contribution in [2.24, 2.45) is 0 Å². The number of halogens is 1. The zero-order chi connectivity index (χ0) is 21.4. The zero-order valence-corrected chi connectivity index (χ0v) is 18.2. The number of ketones is 3. The van der Waals surface area contributed by atoms with Gasteiger partial charge in [-0.05, 0) is 18.6 Å². The average molecular weight is 484 g/mol. The second kappa shape index (κ2) is 8.73. The van der Waals surface area contributed by atoms with Crippen LogP contribution in [-0.4, -0.2) is 26.8 Å². The number of fused-ring (bicyclic) bond motifs is 2. The molecule has 0 amide bonds. The first-order valence-electron chi connectivity index (χ1n) is 9.51. The molecule has 2 aromatic carbocycles. The molecule has 0 bridgehead atoms. The van der Waals surface area contributed by atoms with Crippen LogP contribution in [-0.2, 0) is 13.1 Å². The van der Waals surface area contributed by atoms with Gasteiger partial charge in [-0.3, -0.25) is 24.5 Å². The van der Waals surface area contributed by atoms with Gasteiger partial charge in [0.2, 0.25) is 35.1 Å². The molecule has 0 aliphatic heterocycles. The summed E-state index contributed by atoms with van der Waals surface area (Å²) in [5.74, 6) is -0.854. The number of imidazole rings is 1. The van der Waals surface area contributed by atoms with Gasteiger partial charge < -0.3 is 17.0 Å². The van der Waals surface area contributed by atoms with Crippen molar-refractivity contribution in [3.05, 3.63) is 93.1 Å². The van der Waals surface area contributed by atoms with Crippen LogP contribution in [0.4, 0.5) is 5.69 Å². The van der Waals surface area contributed by atoms with Crippen molar-refractivity contribution in [3.63, 3.8) is 0 Å². The van der Waals surface area contributed by atoms with Crippen LogP contribution in [0.5, 0.6) is 0 Å². The standard InChI is InChI=1S/C22H18N3O5.BrH/c1-2-11-23-13-24(12-18(26)14-7-9-15(10-8-14)25(29)30)20-19(23)21(27)16-5-3-4-6-17(16)22(20)28;/h3-10,13H,2,11-12H2,1H3;1H/q+1;/p-1. The molecule has 1 heterocycles. The number of nitro groups is 1. The summed E-state index contributed by atoms with van der Waals surface area (Å²) in [6.45, 7) is 2.34. The minimum Gasteiger partial charge on any atom is -1.00 e. The molecule has 31 heavy (non-hydrogen) atoms. The van der Waals surface area contributed by atoms with Crippen molar-refractivity contribution >= 4 is 23.0 Å². The van der Waals surface area contributed by atoms with Gasteiger partial charge in [0.15, 0.2) is 6.54 Å². The van der Waals surface area contributed by atoms with E-state index in [-0.39, 0.29) is 58.0 Å². The molecule has 8 nitrogen and oxygen atoms in total. The van der Waals surface area contributed by atoms with Gasteiger partial charge in [-0.15, -0.1) is 0 Å². The molecule has 0 saturated heterocycles. The molecule has 1 aliphatic carbocycles. The van der Waals surface area contributed by atoms with Crippen molar-refractivity contribution in [2.45, 2.75) is 26.4 Å².